The largest absolute Gasteiger partial charge is 0.384 e. The Hall–Kier alpha value is -0.980. The number of nitrogens with zero attached hydrogens (tertiary/aromatic N) is 3. The Balaban J connectivity index is 1.76. The Kier molecular flexibility index (Phi) is 3.11. The van der Waals surface area contributed by atoms with Crippen LogP contribution in [0.15, 0.2) is 6.20 Å². The summed E-state index contributed by atoms with van der Waals surface area (Å²) in [5.41, 5.74) is -0.475. The van der Waals surface area contributed by atoms with Crippen molar-refractivity contribution in [3.63, 3.8) is 0 Å². The number of hydrogen-bond donors (Lipinski definition) is 1. The molecule has 3 heterocycles. The molecule has 1 aromatic rings. The Morgan fingerprint density at radius 3 is 2.95 bits per heavy atom. The molecular weight excluding hydrogens is 246 g/mol. The second-order valence-corrected chi connectivity index (χ2v) is 6.12. The molecule has 2 aliphatic rings. The van der Waals surface area contributed by atoms with Gasteiger partial charge in [-0.15, -0.1) is 5.10 Å². The first-order valence-corrected chi connectivity index (χ1v) is 6.85. The molecule has 1 N–H and O–H groups in total. The molecule has 0 saturated carbocycles. The van der Waals surface area contributed by atoms with Crippen molar-refractivity contribution in [2.45, 2.75) is 50.4 Å². The van der Waals surface area contributed by atoms with E-state index in [4.69, 9.17) is 9.47 Å². The van der Waals surface area contributed by atoms with Gasteiger partial charge >= 0.3 is 0 Å². The van der Waals surface area contributed by atoms with E-state index in [1.807, 2.05) is 10.9 Å². The van der Waals surface area contributed by atoms with Crippen molar-refractivity contribution in [1.82, 2.24) is 15.0 Å². The maximum atomic E-state index is 9.95. The fourth-order valence-electron chi connectivity index (χ4n) is 2.83. The molecule has 0 aliphatic carbocycles. The van der Waals surface area contributed by atoms with Gasteiger partial charge in [0.1, 0.15) is 11.3 Å². The van der Waals surface area contributed by atoms with E-state index in [0.717, 1.165) is 32.5 Å². The average molecular weight is 267 g/mol. The van der Waals surface area contributed by atoms with E-state index in [-0.39, 0.29) is 11.6 Å². The van der Waals surface area contributed by atoms with Crippen molar-refractivity contribution in [2.75, 3.05) is 19.8 Å². The molecule has 106 valence electrons. The number of aliphatic hydroxyl groups is 1. The second kappa shape index (κ2) is 4.54. The van der Waals surface area contributed by atoms with Gasteiger partial charge in [-0.2, -0.15) is 0 Å². The van der Waals surface area contributed by atoms with Gasteiger partial charge in [0.25, 0.3) is 0 Å². The summed E-state index contributed by atoms with van der Waals surface area (Å²) < 4.78 is 13.3. The lowest BCUT2D eigenvalue weighted by Gasteiger charge is -2.36. The Morgan fingerprint density at radius 2 is 2.32 bits per heavy atom. The van der Waals surface area contributed by atoms with Gasteiger partial charge in [-0.3, -0.25) is 0 Å². The first-order chi connectivity index (χ1) is 8.99. The summed E-state index contributed by atoms with van der Waals surface area (Å²) in [6.45, 7) is 5.62. The molecule has 0 radical (unpaired) electrons. The van der Waals surface area contributed by atoms with Crippen LogP contribution in [0.4, 0.5) is 0 Å². The van der Waals surface area contributed by atoms with E-state index in [9.17, 15) is 5.11 Å². The van der Waals surface area contributed by atoms with Crippen LogP contribution in [0.2, 0.25) is 0 Å². The van der Waals surface area contributed by atoms with Crippen molar-refractivity contribution in [1.29, 1.82) is 0 Å². The van der Waals surface area contributed by atoms with Crippen molar-refractivity contribution < 1.29 is 14.6 Å². The SMILES string of the molecule is CC(C)(O)c1cn(C2CCOC3(CCOC3)C2)nn1. The van der Waals surface area contributed by atoms with Crippen LogP contribution < -0.4 is 0 Å². The molecule has 2 atom stereocenters. The standard InChI is InChI=1S/C13H21N3O3/c1-12(2,17)11-8-16(15-14-11)10-3-5-19-13(7-10)4-6-18-9-13/h8,10,17H,3-7,9H2,1-2H3. The van der Waals surface area contributed by atoms with Gasteiger partial charge in [-0.05, 0) is 20.3 Å². The van der Waals surface area contributed by atoms with Crippen molar-refractivity contribution in [3.8, 4) is 0 Å². The lowest BCUT2D eigenvalue weighted by Crippen LogP contribution is -2.41. The fourth-order valence-corrected chi connectivity index (χ4v) is 2.83. The molecule has 1 aromatic heterocycles. The second-order valence-electron chi connectivity index (χ2n) is 6.12. The number of hydrogen-bond acceptors (Lipinski definition) is 5. The first-order valence-electron chi connectivity index (χ1n) is 6.85. The number of aromatic nitrogens is 3. The molecule has 2 aliphatic heterocycles. The molecular formula is C13H21N3O3. The molecule has 0 aromatic carbocycles. The lowest BCUT2D eigenvalue weighted by molar-refractivity contribution is -0.0964. The highest BCUT2D eigenvalue weighted by atomic mass is 16.6. The van der Waals surface area contributed by atoms with Gasteiger partial charge in [0.05, 0.1) is 24.4 Å². The molecule has 2 saturated heterocycles. The molecule has 3 rings (SSSR count). The van der Waals surface area contributed by atoms with Gasteiger partial charge in [-0.1, -0.05) is 5.21 Å². The fraction of sp³-hybridized carbons (Fsp3) is 0.846. The highest BCUT2D eigenvalue weighted by Crippen LogP contribution is 2.37. The summed E-state index contributed by atoms with van der Waals surface area (Å²) in [7, 11) is 0. The molecule has 0 bridgehead atoms. The third-order valence-corrected chi connectivity index (χ3v) is 4.05. The van der Waals surface area contributed by atoms with Gasteiger partial charge in [0.15, 0.2) is 0 Å². The number of rotatable bonds is 2. The Bertz CT molecular complexity index is 446. The molecule has 6 heteroatoms. The van der Waals surface area contributed by atoms with E-state index < -0.39 is 5.60 Å². The van der Waals surface area contributed by atoms with Crippen LogP contribution in [-0.2, 0) is 15.1 Å². The zero-order valence-electron chi connectivity index (χ0n) is 11.5. The quantitative estimate of drug-likeness (QED) is 0.866. The zero-order chi connectivity index (χ0) is 13.5. The van der Waals surface area contributed by atoms with Gasteiger partial charge < -0.3 is 14.6 Å². The van der Waals surface area contributed by atoms with Crippen molar-refractivity contribution >= 4 is 0 Å². The minimum atomic E-state index is -0.947. The van der Waals surface area contributed by atoms with Crippen LogP contribution in [-0.4, -0.2) is 45.5 Å². The van der Waals surface area contributed by atoms with Crippen LogP contribution in [0.3, 0.4) is 0 Å². The summed E-state index contributed by atoms with van der Waals surface area (Å²) in [5, 5.41) is 18.2. The molecule has 19 heavy (non-hydrogen) atoms. The van der Waals surface area contributed by atoms with Gasteiger partial charge in [-0.25, -0.2) is 4.68 Å². The smallest absolute Gasteiger partial charge is 0.114 e. The molecule has 0 amide bonds. The minimum absolute atomic E-state index is 0.135. The highest BCUT2D eigenvalue weighted by molar-refractivity contribution is 5.04. The van der Waals surface area contributed by atoms with E-state index in [1.54, 1.807) is 13.8 Å². The van der Waals surface area contributed by atoms with E-state index >= 15 is 0 Å². The summed E-state index contributed by atoms with van der Waals surface area (Å²) in [6, 6.07) is 0.277. The van der Waals surface area contributed by atoms with E-state index in [0.29, 0.717) is 12.3 Å². The molecule has 2 fully saturated rings. The zero-order valence-corrected chi connectivity index (χ0v) is 11.5. The van der Waals surface area contributed by atoms with E-state index in [2.05, 4.69) is 10.3 Å². The monoisotopic (exact) mass is 267 g/mol. The van der Waals surface area contributed by atoms with Crippen molar-refractivity contribution in [3.05, 3.63) is 11.9 Å². The number of ether oxygens (including phenoxy) is 2. The van der Waals surface area contributed by atoms with Crippen molar-refractivity contribution in [2.24, 2.45) is 0 Å². The first kappa shape index (κ1) is 13.0. The van der Waals surface area contributed by atoms with Crippen LogP contribution in [0.5, 0.6) is 0 Å². The highest BCUT2D eigenvalue weighted by Gasteiger charge is 2.42. The molecule has 6 nitrogen and oxygen atoms in total. The normalized spacial score (nSPS) is 32.1. The van der Waals surface area contributed by atoms with Crippen LogP contribution in [0.1, 0.15) is 44.8 Å². The lowest BCUT2D eigenvalue weighted by atomic mass is 9.90. The van der Waals surface area contributed by atoms with Crippen LogP contribution in [0.25, 0.3) is 0 Å². The summed E-state index contributed by atoms with van der Waals surface area (Å²) >= 11 is 0. The summed E-state index contributed by atoms with van der Waals surface area (Å²) in [4.78, 5) is 0. The third-order valence-electron chi connectivity index (χ3n) is 4.05. The third kappa shape index (κ3) is 2.52. The Morgan fingerprint density at radius 1 is 1.47 bits per heavy atom. The predicted molar refractivity (Wildman–Crippen MR) is 67.7 cm³/mol. The minimum Gasteiger partial charge on any atom is -0.384 e. The summed E-state index contributed by atoms with van der Waals surface area (Å²) in [6.07, 6.45) is 4.63. The topological polar surface area (TPSA) is 69.4 Å². The molecule has 1 spiro atoms. The summed E-state index contributed by atoms with van der Waals surface area (Å²) in [5.74, 6) is 0. The average Bonchev–Trinajstić information content (AvgIpc) is 2.98. The van der Waals surface area contributed by atoms with Crippen LogP contribution in [0, 0.1) is 0 Å². The molecule has 2 unspecified atom stereocenters. The van der Waals surface area contributed by atoms with E-state index in [1.165, 1.54) is 0 Å². The van der Waals surface area contributed by atoms with Gasteiger partial charge in [0, 0.05) is 26.1 Å². The van der Waals surface area contributed by atoms with Crippen LogP contribution >= 0.6 is 0 Å². The van der Waals surface area contributed by atoms with Gasteiger partial charge in [0.2, 0.25) is 0 Å². The predicted octanol–water partition coefficient (Wildman–Crippen LogP) is 1.02. The maximum absolute atomic E-state index is 9.95. The Labute approximate surface area is 112 Å². The maximum Gasteiger partial charge on any atom is 0.114 e.